The largest absolute Gasteiger partial charge is 0.377 e. The van der Waals surface area contributed by atoms with Gasteiger partial charge < -0.3 is 10.1 Å². The number of nitrogens with one attached hydrogen (secondary N) is 1. The normalized spacial score (nSPS) is 14.6. The van der Waals surface area contributed by atoms with E-state index in [2.05, 4.69) is 51.2 Å². The fraction of sp³-hybridized carbons (Fsp3) is 0.600. The molecule has 2 nitrogen and oxygen atoms in total. The summed E-state index contributed by atoms with van der Waals surface area (Å²) in [6, 6.07) is 6.89. The molecular weight excluding hydrogens is 210 g/mol. The molecule has 0 radical (unpaired) electrons. The average Bonchev–Trinajstić information content (AvgIpc) is 2.33. The van der Waals surface area contributed by atoms with E-state index in [1.54, 1.807) is 0 Å². The number of benzene rings is 1. The lowest BCUT2D eigenvalue weighted by molar-refractivity contribution is 0.0332. The molecule has 1 N–H and O–H groups in total. The van der Waals surface area contributed by atoms with E-state index in [0.717, 1.165) is 13.0 Å². The maximum absolute atomic E-state index is 5.83. The molecule has 0 bridgehead atoms. The van der Waals surface area contributed by atoms with E-state index in [1.807, 2.05) is 7.05 Å². The van der Waals surface area contributed by atoms with Crippen molar-refractivity contribution in [1.29, 1.82) is 0 Å². The van der Waals surface area contributed by atoms with Gasteiger partial charge in [0.25, 0.3) is 0 Å². The summed E-state index contributed by atoms with van der Waals surface area (Å²) in [5.41, 5.74) is 3.98. The molecule has 2 unspecified atom stereocenters. The van der Waals surface area contributed by atoms with Crippen LogP contribution < -0.4 is 5.32 Å². The molecule has 2 atom stereocenters. The van der Waals surface area contributed by atoms with Crippen molar-refractivity contribution in [2.75, 3.05) is 13.7 Å². The van der Waals surface area contributed by atoms with E-state index < -0.39 is 0 Å². The number of likely N-dealkylation sites (N-methyl/N-ethyl adjacent to an activating group) is 1. The molecule has 0 aliphatic heterocycles. The molecule has 0 spiro atoms. The van der Waals surface area contributed by atoms with Crippen LogP contribution in [0.3, 0.4) is 0 Å². The summed E-state index contributed by atoms with van der Waals surface area (Å²) in [6.07, 6.45) is 1.26. The van der Waals surface area contributed by atoms with E-state index in [-0.39, 0.29) is 12.1 Å². The second kappa shape index (κ2) is 6.77. The van der Waals surface area contributed by atoms with Crippen LogP contribution in [0.5, 0.6) is 0 Å². The highest BCUT2D eigenvalue weighted by Crippen LogP contribution is 2.25. The van der Waals surface area contributed by atoms with E-state index in [0.29, 0.717) is 0 Å². The Balaban J connectivity index is 3.02. The van der Waals surface area contributed by atoms with E-state index >= 15 is 0 Å². The van der Waals surface area contributed by atoms with Gasteiger partial charge in [0.15, 0.2) is 0 Å². The van der Waals surface area contributed by atoms with Crippen molar-refractivity contribution in [3.8, 4) is 0 Å². The minimum absolute atomic E-state index is 0.241. The Bertz CT molecular complexity index is 349. The van der Waals surface area contributed by atoms with Gasteiger partial charge >= 0.3 is 0 Å². The molecular formula is C15H25NO. The van der Waals surface area contributed by atoms with Crippen LogP contribution in [0.2, 0.25) is 0 Å². The highest BCUT2D eigenvalue weighted by Gasteiger charge is 2.21. The Labute approximate surface area is 105 Å². The molecule has 0 amide bonds. The first-order valence-corrected chi connectivity index (χ1v) is 6.50. The van der Waals surface area contributed by atoms with Gasteiger partial charge in [-0.15, -0.1) is 0 Å². The zero-order valence-corrected chi connectivity index (χ0v) is 11.7. The smallest absolute Gasteiger partial charge is 0.0766 e. The Morgan fingerprint density at radius 3 is 2.47 bits per heavy atom. The van der Waals surface area contributed by atoms with Gasteiger partial charge in [0.2, 0.25) is 0 Å². The highest BCUT2D eigenvalue weighted by atomic mass is 16.5. The molecule has 1 rings (SSSR count). The van der Waals surface area contributed by atoms with E-state index in [4.69, 9.17) is 4.74 Å². The van der Waals surface area contributed by atoms with Crippen molar-refractivity contribution >= 4 is 0 Å². The summed E-state index contributed by atoms with van der Waals surface area (Å²) in [6.45, 7) is 9.30. The van der Waals surface area contributed by atoms with Gasteiger partial charge in [-0.3, -0.25) is 0 Å². The van der Waals surface area contributed by atoms with Gasteiger partial charge in [-0.05, 0) is 45.4 Å². The molecule has 0 aromatic heterocycles. The summed E-state index contributed by atoms with van der Waals surface area (Å²) in [4.78, 5) is 0. The van der Waals surface area contributed by atoms with Gasteiger partial charge in [0.1, 0.15) is 0 Å². The van der Waals surface area contributed by atoms with Crippen LogP contribution in [0.4, 0.5) is 0 Å². The topological polar surface area (TPSA) is 21.3 Å². The number of hydrogen-bond donors (Lipinski definition) is 1. The number of aryl methyl sites for hydroxylation is 2. The Morgan fingerprint density at radius 1 is 1.24 bits per heavy atom. The second-order valence-electron chi connectivity index (χ2n) is 4.53. The summed E-state index contributed by atoms with van der Waals surface area (Å²) in [5, 5.41) is 3.40. The Kier molecular flexibility index (Phi) is 5.66. The van der Waals surface area contributed by atoms with Crippen molar-refractivity contribution in [2.45, 2.75) is 46.3 Å². The second-order valence-corrected chi connectivity index (χ2v) is 4.53. The Morgan fingerprint density at radius 2 is 1.94 bits per heavy atom. The minimum Gasteiger partial charge on any atom is -0.377 e. The lowest BCUT2D eigenvalue weighted by atomic mass is 9.94. The van der Waals surface area contributed by atoms with Crippen molar-refractivity contribution in [3.63, 3.8) is 0 Å². The van der Waals surface area contributed by atoms with Gasteiger partial charge in [-0.2, -0.15) is 0 Å². The highest BCUT2D eigenvalue weighted by molar-refractivity contribution is 5.33. The zero-order chi connectivity index (χ0) is 12.8. The molecule has 0 fully saturated rings. The van der Waals surface area contributed by atoms with Crippen LogP contribution in [0.1, 0.15) is 43.0 Å². The molecule has 1 aromatic carbocycles. The summed E-state index contributed by atoms with van der Waals surface area (Å²) in [7, 11) is 2.01. The lowest BCUT2D eigenvalue weighted by Gasteiger charge is -2.27. The molecule has 0 saturated heterocycles. The Hall–Kier alpha value is -0.860. The average molecular weight is 235 g/mol. The van der Waals surface area contributed by atoms with Gasteiger partial charge in [-0.1, -0.05) is 30.7 Å². The van der Waals surface area contributed by atoms with Crippen molar-refractivity contribution in [1.82, 2.24) is 5.32 Å². The molecule has 17 heavy (non-hydrogen) atoms. The third kappa shape index (κ3) is 3.55. The van der Waals surface area contributed by atoms with Crippen LogP contribution in [0.25, 0.3) is 0 Å². The summed E-state index contributed by atoms with van der Waals surface area (Å²) >= 11 is 0. The fourth-order valence-electron chi connectivity index (χ4n) is 2.30. The number of rotatable bonds is 6. The maximum Gasteiger partial charge on any atom is 0.0766 e. The lowest BCUT2D eigenvalue weighted by Crippen LogP contribution is -2.32. The van der Waals surface area contributed by atoms with Crippen LogP contribution in [-0.4, -0.2) is 19.8 Å². The predicted molar refractivity (Wildman–Crippen MR) is 73.4 cm³/mol. The standard InChI is InChI=1S/C15H25NO/c1-6-14(17-7-2)15(16-5)13-10-11(3)8-9-12(13)4/h8-10,14-16H,6-7H2,1-5H3. The first-order valence-electron chi connectivity index (χ1n) is 6.50. The first kappa shape index (κ1) is 14.2. The number of ether oxygens (including phenoxy) is 1. The van der Waals surface area contributed by atoms with Crippen molar-refractivity contribution < 1.29 is 4.74 Å². The van der Waals surface area contributed by atoms with Crippen LogP contribution >= 0.6 is 0 Å². The quantitative estimate of drug-likeness (QED) is 0.816. The molecule has 2 heteroatoms. The zero-order valence-electron chi connectivity index (χ0n) is 11.7. The van der Waals surface area contributed by atoms with Crippen molar-refractivity contribution in [2.24, 2.45) is 0 Å². The SMILES string of the molecule is CCOC(CC)C(NC)c1cc(C)ccc1C. The summed E-state index contributed by atoms with van der Waals surface area (Å²) in [5.74, 6) is 0. The van der Waals surface area contributed by atoms with Crippen LogP contribution in [-0.2, 0) is 4.74 Å². The third-order valence-corrected chi connectivity index (χ3v) is 3.24. The molecule has 0 aliphatic carbocycles. The minimum atomic E-state index is 0.241. The van der Waals surface area contributed by atoms with E-state index in [9.17, 15) is 0 Å². The van der Waals surface area contributed by atoms with Gasteiger partial charge in [-0.25, -0.2) is 0 Å². The van der Waals surface area contributed by atoms with E-state index in [1.165, 1.54) is 16.7 Å². The van der Waals surface area contributed by atoms with Crippen LogP contribution in [0, 0.1) is 13.8 Å². The molecule has 0 aliphatic rings. The molecule has 96 valence electrons. The molecule has 1 aromatic rings. The third-order valence-electron chi connectivity index (χ3n) is 3.24. The molecule has 0 saturated carbocycles. The first-order chi connectivity index (χ1) is 8.13. The van der Waals surface area contributed by atoms with Gasteiger partial charge in [0.05, 0.1) is 12.1 Å². The van der Waals surface area contributed by atoms with Gasteiger partial charge in [0, 0.05) is 6.61 Å². The molecule has 0 heterocycles. The number of hydrogen-bond acceptors (Lipinski definition) is 2. The van der Waals surface area contributed by atoms with Crippen molar-refractivity contribution in [3.05, 3.63) is 34.9 Å². The van der Waals surface area contributed by atoms with Crippen LogP contribution in [0.15, 0.2) is 18.2 Å². The fourth-order valence-corrected chi connectivity index (χ4v) is 2.30. The predicted octanol–water partition coefficient (Wildman–Crippen LogP) is 3.38. The maximum atomic E-state index is 5.83. The summed E-state index contributed by atoms with van der Waals surface area (Å²) < 4.78 is 5.83. The monoisotopic (exact) mass is 235 g/mol.